The van der Waals surface area contributed by atoms with Crippen LogP contribution in [-0.2, 0) is 14.3 Å². The number of benzene rings is 3. The first kappa shape index (κ1) is 27.5. The minimum absolute atomic E-state index is 0.115. The highest BCUT2D eigenvalue weighted by Gasteiger charge is 2.48. The molecule has 7 nitrogen and oxygen atoms in total. The number of pyridine rings is 1. The number of fused-ring (bicyclic) bond motifs is 2. The van der Waals surface area contributed by atoms with E-state index in [2.05, 4.69) is 0 Å². The highest BCUT2D eigenvalue weighted by atomic mass is 16.5. The molecular formula is C35H32N2O5. The third-order valence-corrected chi connectivity index (χ3v) is 8.44. The van der Waals surface area contributed by atoms with Gasteiger partial charge in [-0.2, -0.15) is 0 Å². The summed E-state index contributed by atoms with van der Waals surface area (Å²) in [6.07, 6.45) is 2.50. The van der Waals surface area contributed by atoms with E-state index in [9.17, 15) is 19.2 Å². The second kappa shape index (κ2) is 11.0. The maximum atomic E-state index is 13.5. The van der Waals surface area contributed by atoms with Gasteiger partial charge in [0.05, 0.1) is 34.3 Å². The highest BCUT2D eigenvalue weighted by molar-refractivity contribution is 6.22. The molecule has 0 N–H and O–H groups in total. The number of aromatic nitrogens is 1. The zero-order chi connectivity index (χ0) is 29.5. The van der Waals surface area contributed by atoms with E-state index in [1.54, 1.807) is 49.4 Å². The van der Waals surface area contributed by atoms with Gasteiger partial charge in [-0.15, -0.1) is 0 Å². The highest BCUT2D eigenvalue weighted by Crippen LogP contribution is 2.40. The van der Waals surface area contributed by atoms with Gasteiger partial charge in [-0.1, -0.05) is 66.4 Å². The number of esters is 1. The van der Waals surface area contributed by atoms with Crippen molar-refractivity contribution in [2.45, 2.75) is 52.6 Å². The Morgan fingerprint density at radius 3 is 2.10 bits per heavy atom. The van der Waals surface area contributed by atoms with Crippen molar-refractivity contribution >= 4 is 40.2 Å². The Bertz CT molecular complexity index is 1700. The molecule has 4 aromatic rings. The average molecular weight is 561 g/mol. The molecule has 0 radical (unpaired) electrons. The number of amides is 2. The quantitative estimate of drug-likeness (QED) is 0.149. The Labute approximate surface area is 244 Å². The summed E-state index contributed by atoms with van der Waals surface area (Å²) >= 11 is 0. The molecule has 3 aromatic carbocycles. The molecule has 1 aromatic heterocycles. The lowest BCUT2D eigenvalue weighted by molar-refractivity contribution is -0.122. The zero-order valence-electron chi connectivity index (χ0n) is 23.9. The fourth-order valence-electron chi connectivity index (χ4n) is 6.08. The van der Waals surface area contributed by atoms with E-state index in [1.807, 2.05) is 44.2 Å². The Morgan fingerprint density at radius 1 is 0.833 bits per heavy atom. The van der Waals surface area contributed by atoms with Crippen molar-refractivity contribution in [3.63, 3.8) is 0 Å². The number of ether oxygens (including phenoxy) is 1. The molecule has 0 bridgehead atoms. The molecule has 2 amide bonds. The van der Waals surface area contributed by atoms with Crippen molar-refractivity contribution in [2.75, 3.05) is 4.90 Å². The third kappa shape index (κ3) is 5.00. The lowest BCUT2D eigenvalue weighted by Gasteiger charge is -2.19. The number of nitrogens with zero attached hydrogens (tertiary/aromatic N) is 2. The maximum absolute atomic E-state index is 13.5. The van der Waals surface area contributed by atoms with Gasteiger partial charge in [-0.05, 0) is 63.9 Å². The number of carbonyl (C=O) groups is 4. The van der Waals surface area contributed by atoms with Gasteiger partial charge in [0.25, 0.3) is 0 Å². The molecule has 1 saturated carbocycles. The van der Waals surface area contributed by atoms with Crippen LogP contribution in [0.4, 0.5) is 5.69 Å². The number of anilines is 1. The van der Waals surface area contributed by atoms with Crippen molar-refractivity contribution in [1.82, 2.24) is 4.98 Å². The minimum atomic E-state index is -0.977. The molecular weight excluding hydrogens is 528 g/mol. The molecule has 7 heteroatoms. The molecule has 212 valence electrons. The van der Waals surface area contributed by atoms with E-state index in [1.165, 1.54) is 4.90 Å². The number of hydrogen-bond acceptors (Lipinski definition) is 6. The summed E-state index contributed by atoms with van der Waals surface area (Å²) in [6.45, 7) is 5.45. The van der Waals surface area contributed by atoms with Crippen LogP contribution in [0.15, 0.2) is 72.8 Å². The van der Waals surface area contributed by atoms with E-state index < -0.39 is 12.1 Å². The van der Waals surface area contributed by atoms with Gasteiger partial charge >= 0.3 is 5.97 Å². The first-order valence-electron chi connectivity index (χ1n) is 14.4. The predicted octanol–water partition coefficient (Wildman–Crippen LogP) is 6.63. The zero-order valence-corrected chi connectivity index (χ0v) is 23.9. The summed E-state index contributed by atoms with van der Waals surface area (Å²) in [5.41, 5.74) is 5.19. The lowest BCUT2D eigenvalue weighted by atomic mass is 9.81. The molecule has 0 unspecified atom stereocenters. The number of imide groups is 1. The number of rotatable bonds is 6. The first-order chi connectivity index (χ1) is 20.2. The second-order valence-electron chi connectivity index (χ2n) is 11.4. The molecule has 2 heterocycles. The Kier molecular flexibility index (Phi) is 7.19. The fourth-order valence-corrected chi connectivity index (χ4v) is 6.08. The fraction of sp³-hybridized carbons (Fsp3) is 0.286. The molecule has 3 atom stereocenters. The standard InChI is InChI=1S/C35H32N2O5/c1-20-8-11-24(12-9-20)32(38)22(3)42-35(41)29-19-31(36-30-17-10-21(2)18-28(29)30)23-13-15-25(16-14-23)37-33(39)26-6-4-5-7-27(26)34(37)40/h8-19,22,26-27H,4-7H2,1-3H3/t22-,26-,27+/m0/s1. The molecule has 2 fully saturated rings. The summed E-state index contributed by atoms with van der Waals surface area (Å²) in [5, 5.41) is 0.631. The van der Waals surface area contributed by atoms with E-state index in [0.717, 1.165) is 42.4 Å². The Balaban J connectivity index is 1.30. The number of hydrogen-bond donors (Lipinski definition) is 0. The number of ketones is 1. The topological polar surface area (TPSA) is 93.6 Å². The van der Waals surface area contributed by atoms with Gasteiger partial charge in [0, 0.05) is 16.5 Å². The van der Waals surface area contributed by atoms with Gasteiger partial charge in [0.2, 0.25) is 17.6 Å². The molecule has 6 rings (SSSR count). The lowest BCUT2D eigenvalue weighted by Crippen LogP contribution is -2.30. The van der Waals surface area contributed by atoms with Crippen LogP contribution in [0.3, 0.4) is 0 Å². The van der Waals surface area contributed by atoms with Gasteiger partial charge in [0.15, 0.2) is 6.10 Å². The van der Waals surface area contributed by atoms with Crippen LogP contribution in [0.1, 0.15) is 64.4 Å². The molecule has 1 aliphatic heterocycles. The van der Waals surface area contributed by atoms with Crippen molar-refractivity contribution in [2.24, 2.45) is 11.8 Å². The Hall–Kier alpha value is -4.65. The Morgan fingerprint density at radius 2 is 1.45 bits per heavy atom. The number of carbonyl (C=O) groups excluding carboxylic acids is 4. The van der Waals surface area contributed by atoms with E-state index in [0.29, 0.717) is 33.4 Å². The third-order valence-electron chi connectivity index (χ3n) is 8.44. The van der Waals surface area contributed by atoms with Crippen LogP contribution in [0.5, 0.6) is 0 Å². The average Bonchev–Trinajstić information content (AvgIpc) is 3.26. The van der Waals surface area contributed by atoms with Gasteiger partial charge in [-0.3, -0.25) is 19.3 Å². The van der Waals surface area contributed by atoms with Crippen molar-refractivity contribution in [3.8, 4) is 11.3 Å². The molecule has 1 aliphatic carbocycles. The monoisotopic (exact) mass is 560 g/mol. The number of Topliss-reactive ketones (excluding diaryl/α,β-unsaturated/α-hetero) is 1. The van der Waals surface area contributed by atoms with E-state index in [-0.39, 0.29) is 29.4 Å². The number of aryl methyl sites for hydroxylation is 2. The molecule has 42 heavy (non-hydrogen) atoms. The van der Waals surface area contributed by atoms with Gasteiger partial charge < -0.3 is 4.74 Å². The van der Waals surface area contributed by atoms with Crippen LogP contribution < -0.4 is 4.90 Å². The molecule has 1 saturated heterocycles. The van der Waals surface area contributed by atoms with Crippen LogP contribution >= 0.6 is 0 Å². The van der Waals surface area contributed by atoms with Crippen molar-refractivity contribution < 1.29 is 23.9 Å². The maximum Gasteiger partial charge on any atom is 0.339 e. The van der Waals surface area contributed by atoms with Crippen molar-refractivity contribution in [3.05, 3.63) is 95.1 Å². The van der Waals surface area contributed by atoms with Crippen LogP contribution in [-0.4, -0.2) is 34.7 Å². The van der Waals surface area contributed by atoms with Crippen LogP contribution in [0.25, 0.3) is 22.2 Å². The van der Waals surface area contributed by atoms with Crippen molar-refractivity contribution in [1.29, 1.82) is 0 Å². The van der Waals surface area contributed by atoms with Crippen LogP contribution in [0, 0.1) is 25.7 Å². The summed E-state index contributed by atoms with van der Waals surface area (Å²) < 4.78 is 5.68. The summed E-state index contributed by atoms with van der Waals surface area (Å²) in [6, 6.07) is 21.6. The summed E-state index contributed by atoms with van der Waals surface area (Å²) in [7, 11) is 0. The van der Waals surface area contributed by atoms with Crippen LogP contribution in [0.2, 0.25) is 0 Å². The minimum Gasteiger partial charge on any atom is -0.451 e. The van der Waals surface area contributed by atoms with Gasteiger partial charge in [-0.25, -0.2) is 9.78 Å². The van der Waals surface area contributed by atoms with E-state index >= 15 is 0 Å². The predicted molar refractivity (Wildman–Crippen MR) is 160 cm³/mol. The SMILES string of the molecule is Cc1ccc(C(=O)[C@H](C)OC(=O)c2cc(-c3ccc(N4C(=O)[C@H]5CCCC[C@H]5C4=O)cc3)nc3ccc(C)cc23)cc1. The summed E-state index contributed by atoms with van der Waals surface area (Å²) in [5.74, 6) is -1.56. The second-order valence-corrected chi connectivity index (χ2v) is 11.4. The molecule has 2 aliphatic rings. The smallest absolute Gasteiger partial charge is 0.339 e. The normalized spacial score (nSPS) is 19.1. The first-order valence-corrected chi connectivity index (χ1v) is 14.4. The van der Waals surface area contributed by atoms with E-state index in [4.69, 9.17) is 9.72 Å². The largest absolute Gasteiger partial charge is 0.451 e. The molecule has 0 spiro atoms. The van der Waals surface area contributed by atoms with Gasteiger partial charge in [0.1, 0.15) is 0 Å². The summed E-state index contributed by atoms with van der Waals surface area (Å²) in [4.78, 5) is 58.7.